The fourth-order valence-electron chi connectivity index (χ4n) is 3.80. The zero-order chi connectivity index (χ0) is 22.9. The lowest BCUT2D eigenvalue weighted by molar-refractivity contribution is 0.399. The van der Waals surface area contributed by atoms with Crippen molar-refractivity contribution in [2.75, 3.05) is 0 Å². The van der Waals surface area contributed by atoms with Gasteiger partial charge in [0.05, 0.1) is 10.4 Å². The Morgan fingerprint density at radius 3 is 2.28 bits per heavy atom. The second-order valence-corrected chi connectivity index (χ2v) is 9.82. The molecule has 0 spiro atoms. The second-order valence-electron chi connectivity index (χ2n) is 7.88. The number of nitrogens with one attached hydrogen (secondary N) is 1. The average molecular weight is 451 g/mol. The molecular formula is C25H23FN2O3S. The van der Waals surface area contributed by atoms with Crippen LogP contribution in [-0.2, 0) is 23.1 Å². The Bertz CT molecular complexity index is 1430. The summed E-state index contributed by atoms with van der Waals surface area (Å²) in [4.78, 5) is 15.9. The zero-order valence-electron chi connectivity index (χ0n) is 17.8. The van der Waals surface area contributed by atoms with E-state index in [2.05, 4.69) is 4.98 Å². The minimum atomic E-state index is -3.91. The summed E-state index contributed by atoms with van der Waals surface area (Å²) >= 11 is 0. The molecule has 7 heteroatoms. The van der Waals surface area contributed by atoms with Gasteiger partial charge >= 0.3 is 0 Å². The van der Waals surface area contributed by atoms with E-state index in [0.717, 1.165) is 22.0 Å². The van der Waals surface area contributed by atoms with Crippen molar-refractivity contribution >= 4 is 20.9 Å². The molecular weight excluding hydrogens is 427 g/mol. The summed E-state index contributed by atoms with van der Waals surface area (Å²) < 4.78 is 41.5. The van der Waals surface area contributed by atoms with Gasteiger partial charge in [-0.25, -0.2) is 12.8 Å². The van der Waals surface area contributed by atoms with Gasteiger partial charge in [0, 0.05) is 18.7 Å². The number of H-pyrrole nitrogens is 1. The maximum absolute atomic E-state index is 13.4. The Balaban J connectivity index is 1.79. The van der Waals surface area contributed by atoms with Gasteiger partial charge in [-0.3, -0.25) is 4.79 Å². The Kier molecular flexibility index (Phi) is 5.95. The third-order valence-corrected chi connectivity index (χ3v) is 7.18. The molecule has 0 saturated carbocycles. The first kappa shape index (κ1) is 21.9. The van der Waals surface area contributed by atoms with Crippen LogP contribution in [0.5, 0.6) is 0 Å². The largest absolute Gasteiger partial charge is 0.321 e. The Hall–Kier alpha value is -3.29. The van der Waals surface area contributed by atoms with Crippen molar-refractivity contribution < 1.29 is 12.8 Å². The van der Waals surface area contributed by atoms with Gasteiger partial charge in [0.1, 0.15) is 5.82 Å². The summed E-state index contributed by atoms with van der Waals surface area (Å²) in [5.74, 6) is -0.400. The summed E-state index contributed by atoms with van der Waals surface area (Å²) in [7, 11) is -3.91. The van der Waals surface area contributed by atoms with Gasteiger partial charge < -0.3 is 4.98 Å². The van der Waals surface area contributed by atoms with E-state index in [-0.39, 0.29) is 23.5 Å². The first-order valence-electron chi connectivity index (χ1n) is 10.2. The molecule has 0 aliphatic carbocycles. The van der Waals surface area contributed by atoms with E-state index in [9.17, 15) is 17.6 Å². The lowest BCUT2D eigenvalue weighted by Gasteiger charge is -2.22. The molecule has 0 unspecified atom stereocenters. The van der Waals surface area contributed by atoms with Gasteiger partial charge in [0.2, 0.25) is 10.0 Å². The smallest absolute Gasteiger partial charge is 0.252 e. The number of fused-ring (bicyclic) bond motifs is 1. The van der Waals surface area contributed by atoms with E-state index >= 15 is 0 Å². The van der Waals surface area contributed by atoms with Crippen molar-refractivity contribution in [3.63, 3.8) is 0 Å². The highest BCUT2D eigenvalue weighted by atomic mass is 32.2. The summed E-state index contributed by atoms with van der Waals surface area (Å²) in [6.45, 7) is 3.78. The van der Waals surface area contributed by atoms with E-state index in [1.165, 1.54) is 28.6 Å². The van der Waals surface area contributed by atoms with Gasteiger partial charge in [0.25, 0.3) is 5.56 Å². The molecule has 0 atom stereocenters. The summed E-state index contributed by atoms with van der Waals surface area (Å²) in [5, 5.41) is 0.843. The number of aromatic nitrogens is 1. The molecule has 4 rings (SSSR count). The van der Waals surface area contributed by atoms with Crippen LogP contribution in [0.15, 0.2) is 82.5 Å². The molecule has 32 heavy (non-hydrogen) atoms. The topological polar surface area (TPSA) is 70.2 Å². The van der Waals surface area contributed by atoms with Crippen LogP contribution in [0.2, 0.25) is 0 Å². The Morgan fingerprint density at radius 1 is 0.906 bits per heavy atom. The molecule has 1 N–H and O–H groups in total. The summed E-state index contributed by atoms with van der Waals surface area (Å²) in [6.07, 6.45) is 0. The van der Waals surface area contributed by atoms with E-state index in [0.29, 0.717) is 11.1 Å². The van der Waals surface area contributed by atoms with Crippen molar-refractivity contribution in [3.05, 3.63) is 111 Å². The molecule has 3 aromatic carbocycles. The number of sulfonamides is 1. The van der Waals surface area contributed by atoms with Crippen LogP contribution in [0.1, 0.15) is 22.3 Å². The molecule has 0 radical (unpaired) electrons. The summed E-state index contributed by atoms with van der Waals surface area (Å²) in [5.41, 5.74) is 3.35. The third-order valence-electron chi connectivity index (χ3n) is 5.37. The van der Waals surface area contributed by atoms with Crippen LogP contribution >= 0.6 is 0 Å². The lowest BCUT2D eigenvalue weighted by Crippen LogP contribution is -2.32. The van der Waals surface area contributed by atoms with Crippen molar-refractivity contribution in [1.82, 2.24) is 9.29 Å². The Labute approximate surface area is 186 Å². The molecule has 4 aromatic rings. The predicted octanol–water partition coefficient (Wildman–Crippen LogP) is 4.68. The van der Waals surface area contributed by atoms with Gasteiger partial charge in [-0.1, -0.05) is 42.0 Å². The average Bonchev–Trinajstić information content (AvgIpc) is 2.76. The predicted molar refractivity (Wildman–Crippen MR) is 123 cm³/mol. The second kappa shape index (κ2) is 8.68. The highest BCUT2D eigenvalue weighted by Crippen LogP contribution is 2.23. The molecule has 0 aliphatic rings. The Morgan fingerprint density at radius 2 is 1.59 bits per heavy atom. The van der Waals surface area contributed by atoms with Crippen molar-refractivity contribution in [2.45, 2.75) is 31.8 Å². The van der Waals surface area contributed by atoms with Crippen LogP contribution in [0.4, 0.5) is 4.39 Å². The molecule has 0 fully saturated rings. The van der Waals surface area contributed by atoms with Crippen molar-refractivity contribution in [3.8, 4) is 0 Å². The van der Waals surface area contributed by atoms with Crippen LogP contribution in [-0.4, -0.2) is 17.7 Å². The molecule has 1 heterocycles. The minimum Gasteiger partial charge on any atom is -0.321 e. The molecule has 164 valence electrons. The van der Waals surface area contributed by atoms with Crippen LogP contribution < -0.4 is 5.56 Å². The monoisotopic (exact) mass is 450 g/mol. The van der Waals surface area contributed by atoms with E-state index in [1.54, 1.807) is 36.4 Å². The molecule has 5 nitrogen and oxygen atoms in total. The number of hydrogen-bond acceptors (Lipinski definition) is 3. The zero-order valence-corrected chi connectivity index (χ0v) is 18.6. The highest BCUT2D eigenvalue weighted by molar-refractivity contribution is 7.89. The van der Waals surface area contributed by atoms with Crippen molar-refractivity contribution in [1.29, 1.82) is 0 Å². The van der Waals surface area contributed by atoms with Gasteiger partial charge in [-0.05, 0) is 66.8 Å². The summed E-state index contributed by atoms with van der Waals surface area (Å²) in [6, 6.07) is 19.4. The maximum Gasteiger partial charge on any atom is 0.252 e. The SMILES string of the molecule is Cc1cc(C)c2[nH]c(=O)c(CN(Cc3ccc(F)cc3)S(=O)(=O)c3ccccc3)cc2c1. The normalized spacial score (nSPS) is 11.9. The van der Waals surface area contributed by atoms with E-state index in [4.69, 9.17) is 0 Å². The third kappa shape index (κ3) is 4.49. The lowest BCUT2D eigenvalue weighted by atomic mass is 10.1. The van der Waals surface area contributed by atoms with Gasteiger partial charge in [-0.15, -0.1) is 0 Å². The number of aromatic amines is 1. The highest BCUT2D eigenvalue weighted by Gasteiger charge is 2.26. The molecule has 0 saturated heterocycles. The number of pyridine rings is 1. The van der Waals surface area contributed by atoms with E-state index < -0.39 is 15.8 Å². The van der Waals surface area contributed by atoms with Crippen LogP contribution in [0, 0.1) is 19.7 Å². The number of hydrogen-bond donors (Lipinski definition) is 1. The first-order valence-corrected chi connectivity index (χ1v) is 11.6. The van der Waals surface area contributed by atoms with Crippen LogP contribution in [0.25, 0.3) is 10.9 Å². The molecule has 0 amide bonds. The van der Waals surface area contributed by atoms with Crippen molar-refractivity contribution in [2.24, 2.45) is 0 Å². The van der Waals surface area contributed by atoms with Crippen LogP contribution in [0.3, 0.4) is 0 Å². The molecule has 0 aliphatic heterocycles. The number of aryl methyl sites for hydroxylation is 2. The quantitative estimate of drug-likeness (QED) is 0.464. The fourth-order valence-corrected chi connectivity index (χ4v) is 5.23. The number of benzene rings is 3. The number of rotatable bonds is 6. The number of nitrogens with zero attached hydrogens (tertiary/aromatic N) is 1. The molecule has 0 bridgehead atoms. The fraction of sp³-hybridized carbons (Fsp3) is 0.160. The minimum absolute atomic E-state index is 0.00182. The standard InChI is InChI=1S/C25H23FN2O3S/c1-17-12-18(2)24-20(13-17)14-21(25(29)27-24)16-28(15-19-8-10-22(26)11-9-19)32(30,31)23-6-4-3-5-7-23/h3-14H,15-16H2,1-2H3,(H,27,29). The van der Waals surface area contributed by atoms with E-state index in [1.807, 2.05) is 26.0 Å². The van der Waals surface area contributed by atoms with Gasteiger partial charge in [0.15, 0.2) is 0 Å². The molecule has 1 aromatic heterocycles. The first-order chi connectivity index (χ1) is 15.2. The van der Waals surface area contributed by atoms with Gasteiger partial charge in [-0.2, -0.15) is 4.31 Å². The maximum atomic E-state index is 13.4. The number of halogens is 1.